The molecular formula is C13H17N5O3. The molecule has 8 heteroatoms. The van der Waals surface area contributed by atoms with Crippen LogP contribution in [0.15, 0.2) is 18.2 Å². The zero-order valence-corrected chi connectivity index (χ0v) is 12.1. The van der Waals surface area contributed by atoms with E-state index in [4.69, 9.17) is 10.5 Å². The number of aromatic nitrogens is 3. The van der Waals surface area contributed by atoms with Crippen LogP contribution in [0.2, 0.25) is 0 Å². The van der Waals surface area contributed by atoms with Gasteiger partial charge in [0.15, 0.2) is 11.6 Å². The van der Waals surface area contributed by atoms with Crippen molar-refractivity contribution in [3.05, 3.63) is 34.1 Å². The Morgan fingerprint density at radius 3 is 2.67 bits per heavy atom. The fraction of sp³-hybridized carbons (Fsp3) is 0.385. The van der Waals surface area contributed by atoms with Gasteiger partial charge in [0.05, 0.1) is 18.6 Å². The lowest BCUT2D eigenvalue weighted by molar-refractivity contribution is -0.385. The zero-order chi connectivity index (χ0) is 15.6. The molecule has 0 spiro atoms. The maximum atomic E-state index is 11.1. The molecule has 2 rings (SSSR count). The van der Waals surface area contributed by atoms with Crippen molar-refractivity contribution >= 4 is 5.69 Å². The van der Waals surface area contributed by atoms with Crippen molar-refractivity contribution in [2.24, 2.45) is 5.73 Å². The first kappa shape index (κ1) is 14.9. The van der Waals surface area contributed by atoms with Crippen molar-refractivity contribution in [3.63, 3.8) is 0 Å². The molecule has 8 nitrogen and oxygen atoms in total. The van der Waals surface area contributed by atoms with Gasteiger partial charge in [-0.05, 0) is 26.0 Å². The lowest BCUT2D eigenvalue weighted by Crippen LogP contribution is -2.11. The second-order valence-electron chi connectivity index (χ2n) is 4.75. The van der Waals surface area contributed by atoms with Gasteiger partial charge in [0.2, 0.25) is 0 Å². The number of nitrogens with two attached hydrogens (primary N) is 1. The maximum absolute atomic E-state index is 11.1. The predicted molar refractivity (Wildman–Crippen MR) is 76.9 cm³/mol. The molecule has 0 aliphatic heterocycles. The van der Waals surface area contributed by atoms with Gasteiger partial charge in [-0.1, -0.05) is 0 Å². The Morgan fingerprint density at radius 2 is 2.14 bits per heavy atom. The summed E-state index contributed by atoms with van der Waals surface area (Å²) in [5, 5.41) is 19.2. The Bertz CT molecular complexity index is 666. The van der Waals surface area contributed by atoms with Crippen LogP contribution in [0.5, 0.6) is 5.75 Å². The summed E-state index contributed by atoms with van der Waals surface area (Å²) in [4.78, 5) is 10.6. The molecule has 0 aliphatic rings. The van der Waals surface area contributed by atoms with Crippen molar-refractivity contribution in [2.75, 3.05) is 7.11 Å². The number of nitro groups is 1. The third kappa shape index (κ3) is 2.70. The van der Waals surface area contributed by atoms with Crippen LogP contribution in [-0.2, 0) is 6.54 Å². The number of benzene rings is 1. The predicted octanol–water partition coefficient (Wildman–Crippen LogP) is 1.90. The summed E-state index contributed by atoms with van der Waals surface area (Å²) in [5.41, 5.74) is 6.14. The zero-order valence-electron chi connectivity index (χ0n) is 12.1. The molecule has 1 heterocycles. The van der Waals surface area contributed by atoms with Gasteiger partial charge in [-0.15, -0.1) is 10.2 Å². The van der Waals surface area contributed by atoms with E-state index >= 15 is 0 Å². The summed E-state index contributed by atoms with van der Waals surface area (Å²) >= 11 is 0. The topological polar surface area (TPSA) is 109 Å². The van der Waals surface area contributed by atoms with E-state index in [-0.39, 0.29) is 24.0 Å². The number of nitrogens with zero attached hydrogens (tertiary/aromatic N) is 4. The van der Waals surface area contributed by atoms with Crippen molar-refractivity contribution in [3.8, 4) is 17.1 Å². The average molecular weight is 291 g/mol. The number of rotatable bonds is 5. The highest BCUT2D eigenvalue weighted by Crippen LogP contribution is 2.32. The number of hydrogen-bond acceptors (Lipinski definition) is 6. The SMILES string of the molecule is COc1ccc(-c2nnc(CN)n2C(C)C)cc1[N+](=O)[O-]. The first-order valence-corrected chi connectivity index (χ1v) is 6.46. The van der Waals surface area contributed by atoms with Crippen molar-refractivity contribution < 1.29 is 9.66 Å². The number of methoxy groups -OCH3 is 1. The molecule has 0 saturated carbocycles. The van der Waals surface area contributed by atoms with Gasteiger partial charge in [-0.2, -0.15) is 0 Å². The van der Waals surface area contributed by atoms with Crippen LogP contribution in [0.4, 0.5) is 5.69 Å². The van der Waals surface area contributed by atoms with Gasteiger partial charge in [0.1, 0.15) is 5.82 Å². The van der Waals surface area contributed by atoms with Crippen LogP contribution in [0.3, 0.4) is 0 Å². The van der Waals surface area contributed by atoms with E-state index in [1.54, 1.807) is 12.1 Å². The highest BCUT2D eigenvalue weighted by molar-refractivity contribution is 5.64. The van der Waals surface area contributed by atoms with E-state index in [1.807, 2.05) is 18.4 Å². The lowest BCUT2D eigenvalue weighted by atomic mass is 10.1. The quantitative estimate of drug-likeness (QED) is 0.665. The Balaban J connectivity index is 2.60. The van der Waals surface area contributed by atoms with E-state index in [9.17, 15) is 10.1 Å². The third-order valence-electron chi connectivity index (χ3n) is 3.10. The summed E-state index contributed by atoms with van der Waals surface area (Å²) in [7, 11) is 1.39. The molecular weight excluding hydrogens is 274 g/mol. The largest absolute Gasteiger partial charge is 0.490 e. The molecule has 2 N–H and O–H groups in total. The highest BCUT2D eigenvalue weighted by Gasteiger charge is 2.20. The molecule has 21 heavy (non-hydrogen) atoms. The van der Waals surface area contributed by atoms with Gasteiger partial charge in [0.25, 0.3) is 0 Å². The molecule has 0 radical (unpaired) electrons. The fourth-order valence-electron chi connectivity index (χ4n) is 2.17. The standard InChI is InChI=1S/C13H17N5O3/c1-8(2)17-12(7-14)15-16-13(17)9-4-5-11(21-3)10(6-9)18(19)20/h4-6,8H,7,14H2,1-3H3. The Labute approximate surface area is 121 Å². The number of nitro benzene ring substituents is 1. The van der Waals surface area contributed by atoms with E-state index in [0.29, 0.717) is 17.2 Å². The van der Waals surface area contributed by atoms with Crippen LogP contribution >= 0.6 is 0 Å². The molecule has 0 atom stereocenters. The molecule has 2 aromatic rings. The first-order chi connectivity index (χ1) is 9.99. The summed E-state index contributed by atoms with van der Waals surface area (Å²) in [6.07, 6.45) is 0. The van der Waals surface area contributed by atoms with Gasteiger partial charge in [-0.3, -0.25) is 10.1 Å². The highest BCUT2D eigenvalue weighted by atomic mass is 16.6. The fourth-order valence-corrected chi connectivity index (χ4v) is 2.17. The van der Waals surface area contributed by atoms with Crippen LogP contribution in [0, 0.1) is 10.1 Å². The van der Waals surface area contributed by atoms with Gasteiger partial charge < -0.3 is 15.0 Å². The van der Waals surface area contributed by atoms with Gasteiger partial charge in [-0.25, -0.2) is 0 Å². The van der Waals surface area contributed by atoms with Crippen LogP contribution in [0.1, 0.15) is 25.7 Å². The molecule has 0 amide bonds. The van der Waals surface area contributed by atoms with Crippen molar-refractivity contribution in [2.45, 2.75) is 26.4 Å². The van der Waals surface area contributed by atoms with E-state index in [2.05, 4.69) is 10.2 Å². The average Bonchev–Trinajstić information content (AvgIpc) is 2.90. The van der Waals surface area contributed by atoms with Crippen LogP contribution < -0.4 is 10.5 Å². The van der Waals surface area contributed by atoms with Crippen LogP contribution in [0.25, 0.3) is 11.4 Å². The summed E-state index contributed by atoms with van der Waals surface area (Å²) in [6, 6.07) is 4.79. The number of hydrogen-bond donors (Lipinski definition) is 1. The van der Waals surface area contributed by atoms with Crippen LogP contribution in [-0.4, -0.2) is 26.8 Å². The Hall–Kier alpha value is -2.48. The van der Waals surface area contributed by atoms with Gasteiger partial charge >= 0.3 is 5.69 Å². The molecule has 1 aromatic carbocycles. The Morgan fingerprint density at radius 1 is 1.43 bits per heavy atom. The minimum Gasteiger partial charge on any atom is -0.490 e. The van der Waals surface area contributed by atoms with E-state index in [1.165, 1.54) is 13.2 Å². The summed E-state index contributed by atoms with van der Waals surface area (Å²) in [5.74, 6) is 1.40. The van der Waals surface area contributed by atoms with Gasteiger partial charge in [0, 0.05) is 17.7 Å². The summed E-state index contributed by atoms with van der Waals surface area (Å²) < 4.78 is 6.86. The van der Waals surface area contributed by atoms with E-state index in [0.717, 1.165) is 0 Å². The molecule has 0 fully saturated rings. The third-order valence-corrected chi connectivity index (χ3v) is 3.10. The summed E-state index contributed by atoms with van der Waals surface area (Å²) in [6.45, 7) is 4.21. The second kappa shape index (κ2) is 5.88. The van der Waals surface area contributed by atoms with E-state index < -0.39 is 4.92 Å². The normalized spacial score (nSPS) is 10.9. The smallest absolute Gasteiger partial charge is 0.311 e. The molecule has 0 unspecified atom stereocenters. The molecule has 112 valence electrons. The Kier molecular flexibility index (Phi) is 4.18. The minimum atomic E-state index is -0.484. The molecule has 0 aliphatic carbocycles. The molecule has 0 saturated heterocycles. The second-order valence-corrected chi connectivity index (χ2v) is 4.75. The van der Waals surface area contributed by atoms with Crippen molar-refractivity contribution in [1.82, 2.24) is 14.8 Å². The lowest BCUT2D eigenvalue weighted by Gasteiger charge is -2.13. The van der Waals surface area contributed by atoms with Crippen molar-refractivity contribution in [1.29, 1.82) is 0 Å². The monoisotopic (exact) mass is 291 g/mol. The molecule has 0 bridgehead atoms. The number of ether oxygens (including phenoxy) is 1. The molecule has 1 aromatic heterocycles. The maximum Gasteiger partial charge on any atom is 0.311 e. The minimum absolute atomic E-state index is 0.0923. The first-order valence-electron chi connectivity index (χ1n) is 6.46.